The first-order valence-electron chi connectivity index (χ1n) is 9.98. The van der Waals surface area contributed by atoms with Crippen molar-refractivity contribution in [1.82, 2.24) is 24.4 Å². The number of imidazole rings is 1. The SMILES string of the molecule is Cc1nc(N2CCCCC2)ncc1C(=O)N1CCC(c2nccn2C)CC1. The summed E-state index contributed by atoms with van der Waals surface area (Å²) in [5.41, 5.74) is 1.41. The van der Waals surface area contributed by atoms with Crippen molar-refractivity contribution in [2.45, 2.75) is 44.9 Å². The summed E-state index contributed by atoms with van der Waals surface area (Å²) in [5, 5.41) is 0. The van der Waals surface area contributed by atoms with E-state index in [4.69, 9.17) is 0 Å². The van der Waals surface area contributed by atoms with Gasteiger partial charge in [-0.05, 0) is 39.0 Å². The first kappa shape index (κ1) is 17.9. The Morgan fingerprint density at radius 1 is 1.07 bits per heavy atom. The highest BCUT2D eigenvalue weighted by atomic mass is 16.2. The van der Waals surface area contributed by atoms with Crippen LogP contribution in [0.3, 0.4) is 0 Å². The topological polar surface area (TPSA) is 67.2 Å². The molecular weight excluding hydrogens is 340 g/mol. The van der Waals surface area contributed by atoms with Gasteiger partial charge in [-0.3, -0.25) is 4.79 Å². The number of hydrogen-bond donors (Lipinski definition) is 0. The lowest BCUT2D eigenvalue weighted by atomic mass is 9.95. The smallest absolute Gasteiger partial charge is 0.257 e. The summed E-state index contributed by atoms with van der Waals surface area (Å²) >= 11 is 0. The molecule has 0 atom stereocenters. The van der Waals surface area contributed by atoms with Crippen molar-refractivity contribution >= 4 is 11.9 Å². The molecule has 0 N–H and O–H groups in total. The molecule has 0 aliphatic carbocycles. The van der Waals surface area contributed by atoms with Crippen LogP contribution in [-0.2, 0) is 7.05 Å². The lowest BCUT2D eigenvalue weighted by Crippen LogP contribution is -2.39. The predicted molar refractivity (Wildman–Crippen MR) is 104 cm³/mol. The van der Waals surface area contributed by atoms with Crippen molar-refractivity contribution in [3.63, 3.8) is 0 Å². The van der Waals surface area contributed by atoms with Gasteiger partial charge in [0.05, 0.1) is 11.3 Å². The Balaban J connectivity index is 1.42. The van der Waals surface area contributed by atoms with Gasteiger partial charge in [-0.15, -0.1) is 0 Å². The second kappa shape index (κ2) is 7.66. The van der Waals surface area contributed by atoms with Gasteiger partial charge in [0, 0.05) is 57.7 Å². The molecule has 0 radical (unpaired) electrons. The zero-order valence-corrected chi connectivity index (χ0v) is 16.3. The average Bonchev–Trinajstić information content (AvgIpc) is 3.14. The molecule has 7 heteroatoms. The number of carbonyl (C=O) groups is 1. The summed E-state index contributed by atoms with van der Waals surface area (Å²) in [6.07, 6.45) is 11.1. The molecule has 0 saturated carbocycles. The Kier molecular flexibility index (Phi) is 5.09. The molecule has 2 fully saturated rings. The van der Waals surface area contributed by atoms with E-state index in [0.29, 0.717) is 11.5 Å². The number of nitrogens with zero attached hydrogens (tertiary/aromatic N) is 6. The molecule has 0 aromatic carbocycles. The first-order chi connectivity index (χ1) is 13.1. The van der Waals surface area contributed by atoms with Crippen LogP contribution in [0, 0.1) is 6.92 Å². The summed E-state index contributed by atoms with van der Waals surface area (Å²) in [7, 11) is 2.03. The van der Waals surface area contributed by atoms with Crippen molar-refractivity contribution in [2.24, 2.45) is 7.05 Å². The van der Waals surface area contributed by atoms with Gasteiger partial charge in [0.25, 0.3) is 5.91 Å². The van der Waals surface area contributed by atoms with Crippen LogP contribution in [0.1, 0.15) is 59.9 Å². The quantitative estimate of drug-likeness (QED) is 0.833. The van der Waals surface area contributed by atoms with Crippen molar-refractivity contribution in [3.05, 3.63) is 35.7 Å². The van der Waals surface area contributed by atoms with Crippen LogP contribution < -0.4 is 4.90 Å². The highest BCUT2D eigenvalue weighted by molar-refractivity contribution is 5.95. The van der Waals surface area contributed by atoms with Crippen molar-refractivity contribution in [2.75, 3.05) is 31.1 Å². The molecule has 0 unspecified atom stereocenters. The number of aromatic nitrogens is 4. The van der Waals surface area contributed by atoms with E-state index in [-0.39, 0.29) is 5.91 Å². The van der Waals surface area contributed by atoms with Crippen LogP contribution in [0.15, 0.2) is 18.6 Å². The van der Waals surface area contributed by atoms with Gasteiger partial charge in [-0.2, -0.15) is 0 Å². The van der Waals surface area contributed by atoms with E-state index in [9.17, 15) is 4.79 Å². The average molecular weight is 368 g/mol. The molecule has 0 bridgehead atoms. The minimum atomic E-state index is 0.0518. The van der Waals surface area contributed by atoms with Gasteiger partial charge in [-0.1, -0.05) is 0 Å². The van der Waals surface area contributed by atoms with E-state index in [0.717, 1.165) is 56.5 Å². The number of carbonyl (C=O) groups excluding carboxylic acids is 1. The van der Waals surface area contributed by atoms with Crippen molar-refractivity contribution in [1.29, 1.82) is 0 Å². The van der Waals surface area contributed by atoms with Crippen molar-refractivity contribution < 1.29 is 4.79 Å². The Labute approximate surface area is 160 Å². The standard InChI is InChI=1S/C20H28N6O/c1-15-17(14-22-20(23-15)26-9-4-3-5-10-26)19(27)25-11-6-16(7-12-25)18-21-8-13-24(18)2/h8,13-14,16H,3-7,9-12H2,1-2H3. The van der Waals surface area contributed by atoms with E-state index < -0.39 is 0 Å². The Morgan fingerprint density at radius 2 is 1.81 bits per heavy atom. The molecule has 7 nitrogen and oxygen atoms in total. The summed E-state index contributed by atoms with van der Waals surface area (Å²) < 4.78 is 2.08. The third-order valence-electron chi connectivity index (χ3n) is 5.84. The van der Waals surface area contributed by atoms with Crippen molar-refractivity contribution in [3.8, 4) is 0 Å². The van der Waals surface area contributed by atoms with Crippen LogP contribution in [0.4, 0.5) is 5.95 Å². The monoisotopic (exact) mass is 368 g/mol. The van der Waals surface area contributed by atoms with Crippen LogP contribution >= 0.6 is 0 Å². The maximum absolute atomic E-state index is 13.0. The Bertz CT molecular complexity index is 803. The normalized spacial score (nSPS) is 18.7. The maximum atomic E-state index is 13.0. The Morgan fingerprint density at radius 3 is 2.44 bits per heavy atom. The first-order valence-corrected chi connectivity index (χ1v) is 9.98. The third-order valence-corrected chi connectivity index (χ3v) is 5.84. The van der Waals surface area contributed by atoms with Crippen LogP contribution in [0.25, 0.3) is 0 Å². The molecule has 27 heavy (non-hydrogen) atoms. The fourth-order valence-electron chi connectivity index (χ4n) is 4.19. The van der Waals surface area contributed by atoms with Gasteiger partial charge in [0.1, 0.15) is 5.82 Å². The van der Waals surface area contributed by atoms with E-state index in [1.165, 1.54) is 19.3 Å². The molecule has 1 amide bonds. The molecule has 4 rings (SSSR count). The lowest BCUT2D eigenvalue weighted by molar-refractivity contribution is 0.0709. The number of hydrogen-bond acceptors (Lipinski definition) is 5. The fraction of sp³-hybridized carbons (Fsp3) is 0.600. The van der Waals surface area contributed by atoms with Gasteiger partial charge in [0.15, 0.2) is 0 Å². The second-order valence-corrected chi connectivity index (χ2v) is 7.68. The van der Waals surface area contributed by atoms with Gasteiger partial charge in [0.2, 0.25) is 5.95 Å². The van der Waals surface area contributed by atoms with Crippen LogP contribution in [0.2, 0.25) is 0 Å². The van der Waals surface area contributed by atoms with Crippen LogP contribution in [0.5, 0.6) is 0 Å². The predicted octanol–water partition coefficient (Wildman–Crippen LogP) is 2.53. The zero-order chi connectivity index (χ0) is 18.8. The molecule has 4 heterocycles. The van der Waals surface area contributed by atoms with Gasteiger partial charge in [-0.25, -0.2) is 15.0 Å². The molecule has 2 aliphatic heterocycles. The minimum Gasteiger partial charge on any atom is -0.341 e. The number of amides is 1. The highest BCUT2D eigenvalue weighted by Gasteiger charge is 2.28. The summed E-state index contributed by atoms with van der Waals surface area (Å²) in [6, 6.07) is 0. The van der Waals surface area contributed by atoms with Gasteiger partial charge < -0.3 is 14.4 Å². The molecule has 144 valence electrons. The fourth-order valence-corrected chi connectivity index (χ4v) is 4.19. The number of rotatable bonds is 3. The lowest BCUT2D eigenvalue weighted by Gasteiger charge is -2.32. The molecule has 2 aromatic heterocycles. The molecular formula is C20H28N6O. The third kappa shape index (κ3) is 3.68. The molecule has 0 spiro atoms. The number of piperidine rings is 2. The highest BCUT2D eigenvalue weighted by Crippen LogP contribution is 2.27. The number of aryl methyl sites for hydroxylation is 2. The van der Waals surface area contributed by atoms with E-state index >= 15 is 0 Å². The van der Waals surface area contributed by atoms with Crippen LogP contribution in [-0.4, -0.2) is 56.5 Å². The molecule has 2 saturated heterocycles. The Hall–Kier alpha value is -2.44. The number of anilines is 1. The molecule has 2 aromatic rings. The van der Waals surface area contributed by atoms with E-state index in [1.807, 2.05) is 31.3 Å². The largest absolute Gasteiger partial charge is 0.341 e. The molecule has 2 aliphatic rings. The zero-order valence-electron chi connectivity index (χ0n) is 16.3. The summed E-state index contributed by atoms with van der Waals surface area (Å²) in [6.45, 7) is 5.44. The summed E-state index contributed by atoms with van der Waals surface area (Å²) in [5.74, 6) is 2.36. The second-order valence-electron chi connectivity index (χ2n) is 7.68. The minimum absolute atomic E-state index is 0.0518. The van der Waals surface area contributed by atoms with Gasteiger partial charge >= 0.3 is 0 Å². The van der Waals surface area contributed by atoms with E-state index in [2.05, 4.69) is 24.4 Å². The van der Waals surface area contributed by atoms with E-state index in [1.54, 1.807) is 6.20 Å². The summed E-state index contributed by atoms with van der Waals surface area (Å²) in [4.78, 5) is 30.7. The number of likely N-dealkylation sites (tertiary alicyclic amines) is 1. The maximum Gasteiger partial charge on any atom is 0.257 e.